The second-order valence-electron chi connectivity index (χ2n) is 4.67. The first-order chi connectivity index (χ1) is 10.1. The summed E-state index contributed by atoms with van der Waals surface area (Å²) < 4.78 is 4.95. The maximum absolute atomic E-state index is 12.0. The number of urea groups is 1. The molecule has 116 valence electrons. The highest BCUT2D eigenvalue weighted by Crippen LogP contribution is 2.19. The number of nitrogens with one attached hydrogen (secondary N) is 1. The zero-order chi connectivity index (χ0) is 15.7. The van der Waals surface area contributed by atoms with Gasteiger partial charge in [0.1, 0.15) is 0 Å². The van der Waals surface area contributed by atoms with E-state index in [1.165, 1.54) is 11.0 Å². The first-order valence-electron chi connectivity index (χ1n) is 6.90. The number of benzene rings is 1. The molecule has 0 unspecified atom stereocenters. The van der Waals surface area contributed by atoms with E-state index in [1.54, 1.807) is 32.4 Å². The van der Waals surface area contributed by atoms with Gasteiger partial charge >= 0.3 is 12.0 Å². The summed E-state index contributed by atoms with van der Waals surface area (Å²) in [5.41, 5.74) is 0.483. The van der Waals surface area contributed by atoms with Crippen LogP contribution in [-0.4, -0.2) is 44.4 Å². The Morgan fingerprint density at radius 2 is 1.95 bits per heavy atom. The molecule has 1 rings (SSSR count). The fourth-order valence-electron chi connectivity index (χ4n) is 1.92. The maximum Gasteiger partial charge on any atom is 0.337 e. The minimum atomic E-state index is -1.05. The second-order valence-corrected chi connectivity index (χ2v) is 4.67. The van der Waals surface area contributed by atoms with E-state index in [9.17, 15) is 9.59 Å². The summed E-state index contributed by atoms with van der Waals surface area (Å²) >= 11 is 0. The van der Waals surface area contributed by atoms with Gasteiger partial charge in [0.15, 0.2) is 0 Å². The SMILES string of the molecule is COCCCCCNC(=O)N(C)c1ccccc1C(=O)O. The topological polar surface area (TPSA) is 78.9 Å². The van der Waals surface area contributed by atoms with Crippen molar-refractivity contribution in [1.29, 1.82) is 0 Å². The van der Waals surface area contributed by atoms with Gasteiger partial charge in [0.25, 0.3) is 0 Å². The van der Waals surface area contributed by atoms with Crippen molar-refractivity contribution in [2.24, 2.45) is 0 Å². The summed E-state index contributed by atoms with van der Waals surface area (Å²) in [5, 5.41) is 11.9. The van der Waals surface area contributed by atoms with Crippen LogP contribution in [0.2, 0.25) is 0 Å². The first kappa shape index (κ1) is 17.0. The molecule has 0 aliphatic carbocycles. The molecule has 0 bridgehead atoms. The number of hydrogen-bond acceptors (Lipinski definition) is 3. The standard InChI is InChI=1S/C15H22N2O4/c1-17(13-9-5-4-8-12(13)14(18)19)15(20)16-10-6-3-7-11-21-2/h4-5,8-9H,3,6-7,10-11H2,1-2H3,(H,16,20)(H,18,19). The van der Waals surface area contributed by atoms with Gasteiger partial charge < -0.3 is 15.2 Å². The number of carboxylic acids is 1. The molecule has 2 amide bonds. The summed E-state index contributed by atoms with van der Waals surface area (Å²) in [4.78, 5) is 24.5. The van der Waals surface area contributed by atoms with Crippen LogP contribution in [-0.2, 0) is 4.74 Å². The van der Waals surface area contributed by atoms with Gasteiger partial charge in [0.2, 0.25) is 0 Å². The quantitative estimate of drug-likeness (QED) is 0.721. The van der Waals surface area contributed by atoms with Crippen molar-refractivity contribution in [1.82, 2.24) is 5.32 Å². The monoisotopic (exact) mass is 294 g/mol. The number of rotatable bonds is 8. The van der Waals surface area contributed by atoms with Crippen LogP contribution in [0.1, 0.15) is 29.6 Å². The minimum absolute atomic E-state index is 0.107. The molecule has 0 aromatic heterocycles. The number of nitrogens with zero attached hydrogens (tertiary/aromatic N) is 1. The summed E-state index contributed by atoms with van der Waals surface area (Å²) in [6.07, 6.45) is 2.80. The third kappa shape index (κ3) is 5.43. The Hall–Kier alpha value is -2.08. The van der Waals surface area contributed by atoms with Gasteiger partial charge in [0.05, 0.1) is 11.3 Å². The van der Waals surface area contributed by atoms with E-state index in [2.05, 4.69) is 5.32 Å². The number of aromatic carboxylic acids is 1. The molecule has 0 spiro atoms. The van der Waals surface area contributed by atoms with Gasteiger partial charge in [-0.1, -0.05) is 12.1 Å². The number of unbranched alkanes of at least 4 members (excludes halogenated alkanes) is 2. The van der Waals surface area contributed by atoms with Crippen molar-refractivity contribution in [2.75, 3.05) is 32.2 Å². The molecular weight excluding hydrogens is 272 g/mol. The maximum atomic E-state index is 12.0. The highest BCUT2D eigenvalue weighted by molar-refractivity contribution is 6.01. The lowest BCUT2D eigenvalue weighted by molar-refractivity contribution is 0.0697. The molecule has 2 N–H and O–H groups in total. The normalized spacial score (nSPS) is 10.2. The molecule has 1 aromatic carbocycles. The fraction of sp³-hybridized carbons (Fsp3) is 0.467. The van der Waals surface area contributed by atoms with Gasteiger partial charge in [-0.2, -0.15) is 0 Å². The third-order valence-corrected chi connectivity index (χ3v) is 3.10. The van der Waals surface area contributed by atoms with Crippen molar-refractivity contribution in [3.63, 3.8) is 0 Å². The lowest BCUT2D eigenvalue weighted by atomic mass is 10.1. The lowest BCUT2D eigenvalue weighted by Gasteiger charge is -2.19. The number of ether oxygens (including phenoxy) is 1. The van der Waals surface area contributed by atoms with Crippen LogP contribution in [0.3, 0.4) is 0 Å². The summed E-state index contributed by atoms with van der Waals surface area (Å²) in [7, 11) is 3.22. The van der Waals surface area contributed by atoms with E-state index < -0.39 is 5.97 Å². The Kier molecular flexibility index (Phi) is 7.25. The average Bonchev–Trinajstić information content (AvgIpc) is 2.49. The second kappa shape index (κ2) is 8.97. The van der Waals surface area contributed by atoms with E-state index in [0.717, 1.165) is 25.9 Å². The van der Waals surface area contributed by atoms with Crippen molar-refractivity contribution >= 4 is 17.7 Å². The molecule has 21 heavy (non-hydrogen) atoms. The molecule has 0 saturated carbocycles. The van der Waals surface area contributed by atoms with Gasteiger partial charge in [0, 0.05) is 27.3 Å². The lowest BCUT2D eigenvalue weighted by Crippen LogP contribution is -2.38. The molecule has 0 saturated heterocycles. The van der Waals surface area contributed by atoms with Crippen LogP contribution in [0.4, 0.5) is 10.5 Å². The largest absolute Gasteiger partial charge is 0.478 e. The average molecular weight is 294 g/mol. The van der Waals surface area contributed by atoms with Gasteiger partial charge in [-0.15, -0.1) is 0 Å². The fourth-order valence-corrected chi connectivity index (χ4v) is 1.92. The van der Waals surface area contributed by atoms with Crippen molar-refractivity contribution < 1.29 is 19.4 Å². The Bertz CT molecular complexity index is 476. The van der Waals surface area contributed by atoms with Gasteiger partial charge in [-0.3, -0.25) is 4.90 Å². The molecule has 6 heteroatoms. The van der Waals surface area contributed by atoms with Crippen LogP contribution in [0, 0.1) is 0 Å². The third-order valence-electron chi connectivity index (χ3n) is 3.10. The predicted octanol–water partition coefficient (Wildman–Crippen LogP) is 2.35. The van der Waals surface area contributed by atoms with Crippen LogP contribution < -0.4 is 10.2 Å². The Morgan fingerprint density at radius 1 is 1.24 bits per heavy atom. The number of para-hydroxylation sites is 1. The van der Waals surface area contributed by atoms with Gasteiger partial charge in [-0.05, 0) is 31.4 Å². The first-order valence-corrected chi connectivity index (χ1v) is 6.90. The summed E-state index contributed by atoms with van der Waals surface area (Å²) in [5.74, 6) is -1.05. The zero-order valence-corrected chi connectivity index (χ0v) is 12.5. The molecule has 1 aromatic rings. The zero-order valence-electron chi connectivity index (χ0n) is 12.5. The number of carbonyl (C=O) groups is 2. The summed E-state index contributed by atoms with van der Waals surface area (Å²) in [6, 6.07) is 6.12. The molecule has 0 heterocycles. The van der Waals surface area contributed by atoms with Crippen molar-refractivity contribution in [2.45, 2.75) is 19.3 Å². The summed E-state index contributed by atoms with van der Waals surface area (Å²) in [6.45, 7) is 1.28. The van der Waals surface area contributed by atoms with Crippen LogP contribution in [0.15, 0.2) is 24.3 Å². The van der Waals surface area contributed by atoms with Gasteiger partial charge in [-0.25, -0.2) is 9.59 Å². The number of carboxylic acid groups (broad SMARTS) is 1. The number of carbonyl (C=O) groups excluding carboxylic acids is 1. The van der Waals surface area contributed by atoms with Crippen LogP contribution >= 0.6 is 0 Å². The van der Waals surface area contributed by atoms with Crippen LogP contribution in [0.5, 0.6) is 0 Å². The van der Waals surface area contributed by atoms with E-state index in [1.807, 2.05) is 0 Å². The number of hydrogen-bond donors (Lipinski definition) is 2. The number of anilines is 1. The number of amides is 2. The smallest absolute Gasteiger partial charge is 0.337 e. The Labute approximate surface area is 124 Å². The predicted molar refractivity (Wildman–Crippen MR) is 80.9 cm³/mol. The Morgan fingerprint density at radius 3 is 2.62 bits per heavy atom. The molecular formula is C15H22N2O4. The molecule has 0 aliphatic rings. The van der Waals surface area contributed by atoms with E-state index in [-0.39, 0.29) is 11.6 Å². The number of methoxy groups -OCH3 is 1. The van der Waals surface area contributed by atoms with E-state index in [4.69, 9.17) is 9.84 Å². The van der Waals surface area contributed by atoms with Crippen LogP contribution in [0.25, 0.3) is 0 Å². The minimum Gasteiger partial charge on any atom is -0.478 e. The van der Waals surface area contributed by atoms with Crippen molar-refractivity contribution in [3.8, 4) is 0 Å². The highest BCUT2D eigenvalue weighted by Gasteiger charge is 2.17. The molecule has 0 fully saturated rings. The van der Waals surface area contributed by atoms with E-state index in [0.29, 0.717) is 12.2 Å². The molecule has 0 aliphatic heterocycles. The highest BCUT2D eigenvalue weighted by atomic mass is 16.5. The van der Waals surface area contributed by atoms with Crippen molar-refractivity contribution in [3.05, 3.63) is 29.8 Å². The Balaban J connectivity index is 2.49. The van der Waals surface area contributed by atoms with E-state index >= 15 is 0 Å². The molecule has 6 nitrogen and oxygen atoms in total. The molecule has 0 radical (unpaired) electrons. The molecule has 0 atom stereocenters.